The highest BCUT2D eigenvalue weighted by atomic mass is 79.9. The van der Waals surface area contributed by atoms with E-state index in [1.165, 1.54) is 7.11 Å². The monoisotopic (exact) mass is 300 g/mol. The van der Waals surface area contributed by atoms with Crippen molar-refractivity contribution in [1.82, 2.24) is 0 Å². The van der Waals surface area contributed by atoms with Crippen LogP contribution in [0.25, 0.3) is 0 Å². The standard InChI is InChI=1S/C12H13BrO4/c1-3-17-11(15)6-8-4-10(13)5-9(7-14)12(8)16-2/h4-5,7H,3,6H2,1-2H3. The summed E-state index contributed by atoms with van der Waals surface area (Å²) in [5, 5.41) is 0. The molecule has 1 aromatic rings. The molecule has 0 heterocycles. The second kappa shape index (κ2) is 6.39. The third-order valence-corrected chi connectivity index (χ3v) is 2.59. The van der Waals surface area contributed by atoms with Crippen LogP contribution in [0.1, 0.15) is 22.8 Å². The largest absolute Gasteiger partial charge is 0.496 e. The molecule has 5 heteroatoms. The first-order valence-corrected chi connectivity index (χ1v) is 5.88. The number of benzene rings is 1. The Kier molecular flexibility index (Phi) is 5.15. The number of carbonyl (C=O) groups is 2. The molecule has 0 bridgehead atoms. The van der Waals surface area contributed by atoms with Gasteiger partial charge in [0.1, 0.15) is 5.75 Å². The first-order chi connectivity index (χ1) is 8.12. The molecule has 0 radical (unpaired) electrons. The van der Waals surface area contributed by atoms with E-state index in [9.17, 15) is 9.59 Å². The summed E-state index contributed by atoms with van der Waals surface area (Å²) in [7, 11) is 1.46. The van der Waals surface area contributed by atoms with E-state index in [4.69, 9.17) is 9.47 Å². The highest BCUT2D eigenvalue weighted by molar-refractivity contribution is 9.10. The van der Waals surface area contributed by atoms with Gasteiger partial charge < -0.3 is 9.47 Å². The van der Waals surface area contributed by atoms with E-state index < -0.39 is 0 Å². The lowest BCUT2D eigenvalue weighted by molar-refractivity contribution is -0.142. The summed E-state index contributed by atoms with van der Waals surface area (Å²) in [5.74, 6) is 0.0667. The number of aldehydes is 1. The molecule has 0 N–H and O–H groups in total. The van der Waals surface area contributed by atoms with Crippen molar-refractivity contribution in [1.29, 1.82) is 0 Å². The van der Waals surface area contributed by atoms with Crippen molar-refractivity contribution >= 4 is 28.2 Å². The third-order valence-electron chi connectivity index (χ3n) is 2.13. The summed E-state index contributed by atoms with van der Waals surface area (Å²) in [4.78, 5) is 22.3. The molecule has 1 rings (SSSR count). The Morgan fingerprint density at radius 1 is 1.47 bits per heavy atom. The fourth-order valence-electron chi connectivity index (χ4n) is 1.51. The van der Waals surface area contributed by atoms with Gasteiger partial charge in [0.2, 0.25) is 0 Å². The molecule has 0 aliphatic rings. The Hall–Kier alpha value is -1.36. The van der Waals surface area contributed by atoms with E-state index in [0.717, 1.165) is 4.47 Å². The van der Waals surface area contributed by atoms with Crippen molar-refractivity contribution in [3.8, 4) is 5.75 Å². The van der Waals surface area contributed by atoms with Crippen molar-refractivity contribution < 1.29 is 19.1 Å². The minimum Gasteiger partial charge on any atom is -0.496 e. The van der Waals surface area contributed by atoms with E-state index in [1.54, 1.807) is 19.1 Å². The van der Waals surface area contributed by atoms with Crippen LogP contribution in [-0.4, -0.2) is 26.0 Å². The normalized spacial score (nSPS) is 9.82. The number of ether oxygens (including phenoxy) is 2. The molecule has 0 aliphatic carbocycles. The van der Waals surface area contributed by atoms with Gasteiger partial charge in [0.05, 0.1) is 25.7 Å². The lowest BCUT2D eigenvalue weighted by Gasteiger charge is -2.11. The predicted octanol–water partition coefficient (Wildman–Crippen LogP) is 2.38. The maximum Gasteiger partial charge on any atom is 0.310 e. The van der Waals surface area contributed by atoms with Gasteiger partial charge >= 0.3 is 5.97 Å². The molecule has 0 saturated heterocycles. The molecule has 0 saturated carbocycles. The minimum absolute atomic E-state index is 0.0806. The molecule has 0 unspecified atom stereocenters. The molecule has 0 amide bonds. The summed E-state index contributed by atoms with van der Waals surface area (Å²) in [6.45, 7) is 2.07. The zero-order valence-corrected chi connectivity index (χ0v) is 11.2. The second-order valence-electron chi connectivity index (χ2n) is 3.29. The Morgan fingerprint density at radius 3 is 2.71 bits per heavy atom. The molecule has 17 heavy (non-hydrogen) atoms. The van der Waals surface area contributed by atoms with Crippen molar-refractivity contribution in [2.24, 2.45) is 0 Å². The molecule has 4 nitrogen and oxygen atoms in total. The number of methoxy groups -OCH3 is 1. The first kappa shape index (κ1) is 13.7. The number of hydrogen-bond acceptors (Lipinski definition) is 4. The Morgan fingerprint density at radius 2 is 2.18 bits per heavy atom. The number of carbonyl (C=O) groups excluding carboxylic acids is 2. The van der Waals surface area contributed by atoms with E-state index in [-0.39, 0.29) is 12.4 Å². The smallest absolute Gasteiger partial charge is 0.310 e. The fraction of sp³-hybridized carbons (Fsp3) is 0.333. The lowest BCUT2D eigenvalue weighted by atomic mass is 10.1. The van der Waals surface area contributed by atoms with Gasteiger partial charge in [0.25, 0.3) is 0 Å². The number of rotatable bonds is 5. The molecule has 1 aromatic carbocycles. The van der Waals surface area contributed by atoms with Crippen LogP contribution in [0.4, 0.5) is 0 Å². The Bertz CT molecular complexity index is 429. The van der Waals surface area contributed by atoms with Gasteiger partial charge in [-0.15, -0.1) is 0 Å². The van der Waals surface area contributed by atoms with Crippen LogP contribution in [0.15, 0.2) is 16.6 Å². The molecule has 0 aromatic heterocycles. The van der Waals surface area contributed by atoms with Gasteiger partial charge in [0, 0.05) is 10.0 Å². The molecule has 92 valence electrons. The van der Waals surface area contributed by atoms with Crippen LogP contribution in [-0.2, 0) is 16.0 Å². The van der Waals surface area contributed by atoms with Crippen molar-refractivity contribution in [2.45, 2.75) is 13.3 Å². The Labute approximate surface area is 108 Å². The summed E-state index contributed by atoms with van der Waals surface area (Å²) < 4.78 is 10.7. The van der Waals surface area contributed by atoms with E-state index in [0.29, 0.717) is 29.8 Å². The van der Waals surface area contributed by atoms with Gasteiger partial charge in [-0.05, 0) is 19.1 Å². The lowest BCUT2D eigenvalue weighted by Crippen LogP contribution is -2.09. The summed E-state index contributed by atoms with van der Waals surface area (Å²) in [6.07, 6.45) is 0.773. The third kappa shape index (κ3) is 3.56. The SMILES string of the molecule is CCOC(=O)Cc1cc(Br)cc(C=O)c1OC. The summed E-state index contributed by atoms with van der Waals surface area (Å²) >= 11 is 3.28. The highest BCUT2D eigenvalue weighted by Gasteiger charge is 2.14. The maximum absolute atomic E-state index is 11.4. The van der Waals surface area contributed by atoms with Crippen LogP contribution in [0.2, 0.25) is 0 Å². The molecule has 0 fully saturated rings. The van der Waals surface area contributed by atoms with E-state index in [1.807, 2.05) is 0 Å². The second-order valence-corrected chi connectivity index (χ2v) is 4.20. The van der Waals surface area contributed by atoms with E-state index >= 15 is 0 Å². The van der Waals surface area contributed by atoms with Gasteiger partial charge in [-0.1, -0.05) is 15.9 Å². The van der Waals surface area contributed by atoms with Crippen LogP contribution < -0.4 is 4.74 Å². The summed E-state index contributed by atoms with van der Waals surface area (Å²) in [6, 6.07) is 3.38. The Balaban J connectivity index is 3.08. The number of esters is 1. The average molecular weight is 301 g/mol. The van der Waals surface area contributed by atoms with E-state index in [2.05, 4.69) is 15.9 Å². The predicted molar refractivity (Wildman–Crippen MR) is 66.4 cm³/mol. The zero-order chi connectivity index (χ0) is 12.8. The van der Waals surface area contributed by atoms with Crippen molar-refractivity contribution in [3.05, 3.63) is 27.7 Å². The van der Waals surface area contributed by atoms with Crippen LogP contribution >= 0.6 is 15.9 Å². The molecule has 0 aliphatic heterocycles. The number of halogens is 1. The van der Waals surface area contributed by atoms with Gasteiger partial charge in [-0.25, -0.2) is 0 Å². The van der Waals surface area contributed by atoms with Gasteiger partial charge in [0.15, 0.2) is 6.29 Å². The van der Waals surface area contributed by atoms with Crippen LogP contribution in [0.5, 0.6) is 5.75 Å². The molecular formula is C12H13BrO4. The fourth-order valence-corrected chi connectivity index (χ4v) is 2.03. The summed E-state index contributed by atoms with van der Waals surface area (Å²) in [5.41, 5.74) is 1.03. The molecular weight excluding hydrogens is 288 g/mol. The topological polar surface area (TPSA) is 52.6 Å². The van der Waals surface area contributed by atoms with Crippen LogP contribution in [0.3, 0.4) is 0 Å². The minimum atomic E-state index is -0.347. The van der Waals surface area contributed by atoms with Crippen molar-refractivity contribution in [3.63, 3.8) is 0 Å². The first-order valence-electron chi connectivity index (χ1n) is 5.09. The van der Waals surface area contributed by atoms with Crippen LogP contribution in [0, 0.1) is 0 Å². The quantitative estimate of drug-likeness (QED) is 0.619. The van der Waals surface area contributed by atoms with Gasteiger partial charge in [-0.3, -0.25) is 9.59 Å². The highest BCUT2D eigenvalue weighted by Crippen LogP contribution is 2.27. The average Bonchev–Trinajstić information content (AvgIpc) is 2.28. The molecule has 0 spiro atoms. The molecule has 0 atom stereocenters. The maximum atomic E-state index is 11.4. The zero-order valence-electron chi connectivity index (χ0n) is 9.66. The van der Waals surface area contributed by atoms with Gasteiger partial charge in [-0.2, -0.15) is 0 Å². The van der Waals surface area contributed by atoms with Crippen molar-refractivity contribution in [2.75, 3.05) is 13.7 Å². The number of hydrogen-bond donors (Lipinski definition) is 0.